The number of nitrogens with one attached hydrogen (secondary N) is 3. The number of nitrogens with zero attached hydrogens (tertiary/aromatic N) is 2. The fourth-order valence-electron chi connectivity index (χ4n) is 3.73. The molecule has 11 nitrogen and oxygen atoms in total. The largest absolute Gasteiger partial charge is 0.481 e. The zero-order chi connectivity index (χ0) is 29.9. The normalized spacial score (nSPS) is 10.3. The van der Waals surface area contributed by atoms with E-state index < -0.39 is 29.6 Å². The molecule has 0 radical (unpaired) electrons. The molecule has 3 aromatic carbocycles. The molecule has 3 aromatic rings. The lowest BCUT2D eigenvalue weighted by Gasteiger charge is -2.22. The van der Waals surface area contributed by atoms with Gasteiger partial charge in [-0.05, 0) is 54.4 Å². The van der Waals surface area contributed by atoms with Crippen LogP contribution in [-0.2, 0) is 25.6 Å². The second kappa shape index (κ2) is 14.2. The minimum Gasteiger partial charge on any atom is -0.481 e. The molecule has 0 atom stereocenters. The van der Waals surface area contributed by atoms with Crippen molar-refractivity contribution in [1.29, 1.82) is 0 Å². The van der Waals surface area contributed by atoms with Crippen LogP contribution in [0.4, 0.5) is 31.9 Å². The summed E-state index contributed by atoms with van der Waals surface area (Å²) in [6.07, 6.45) is 0.0140. The van der Waals surface area contributed by atoms with Crippen molar-refractivity contribution in [2.75, 3.05) is 41.0 Å². The highest BCUT2D eigenvalue weighted by atomic mass is 19.1. The fourth-order valence-corrected chi connectivity index (χ4v) is 3.73. The molecule has 0 saturated carbocycles. The van der Waals surface area contributed by atoms with Gasteiger partial charge >= 0.3 is 12.0 Å². The number of urea groups is 1. The van der Waals surface area contributed by atoms with Gasteiger partial charge in [0.1, 0.15) is 5.82 Å². The molecule has 41 heavy (non-hydrogen) atoms. The van der Waals surface area contributed by atoms with Crippen molar-refractivity contribution in [1.82, 2.24) is 4.90 Å². The SMILES string of the molecule is Cc1ccccc1NC(=O)Nc1ccc(CC(=O)Nc2ccc(N(C)C(=O)CN(C=O)CCC(=O)O)cc2F)cc1. The number of rotatable bonds is 12. The molecule has 0 aliphatic heterocycles. The summed E-state index contributed by atoms with van der Waals surface area (Å²) in [7, 11) is 1.39. The molecule has 3 rings (SSSR count). The van der Waals surface area contributed by atoms with E-state index in [9.17, 15) is 28.4 Å². The number of aryl methyl sites for hydroxylation is 1. The molecule has 12 heteroatoms. The summed E-state index contributed by atoms with van der Waals surface area (Å²) in [6, 6.07) is 17.4. The summed E-state index contributed by atoms with van der Waals surface area (Å²) in [6.45, 7) is 1.37. The van der Waals surface area contributed by atoms with E-state index in [0.29, 0.717) is 23.3 Å². The van der Waals surface area contributed by atoms with Crippen molar-refractivity contribution in [2.24, 2.45) is 0 Å². The monoisotopic (exact) mass is 563 g/mol. The zero-order valence-corrected chi connectivity index (χ0v) is 22.5. The number of hydrogen-bond acceptors (Lipinski definition) is 5. The van der Waals surface area contributed by atoms with Gasteiger partial charge in [-0.3, -0.25) is 19.2 Å². The number of benzene rings is 3. The van der Waals surface area contributed by atoms with E-state index in [0.717, 1.165) is 21.4 Å². The summed E-state index contributed by atoms with van der Waals surface area (Å²) in [5.74, 6) is -2.90. The van der Waals surface area contributed by atoms with Crippen molar-refractivity contribution < 1.29 is 33.5 Å². The molecule has 214 valence electrons. The third-order valence-electron chi connectivity index (χ3n) is 6.06. The Morgan fingerprint density at radius 1 is 0.927 bits per heavy atom. The van der Waals surface area contributed by atoms with E-state index >= 15 is 0 Å². The standard InChI is InChI=1S/C29H30FN5O6/c1-19-5-3-4-6-24(19)33-29(41)31-21-9-7-20(8-10-21)15-26(37)32-25-12-11-22(16-23(25)30)34(2)27(38)17-35(18-36)14-13-28(39)40/h3-12,16,18H,13-15,17H2,1-2H3,(H,32,37)(H,39,40)(H2,31,33,41). The fraction of sp³-hybridized carbons (Fsp3) is 0.207. The van der Waals surface area contributed by atoms with Crippen LogP contribution >= 0.6 is 0 Å². The van der Waals surface area contributed by atoms with E-state index in [1.54, 1.807) is 30.3 Å². The lowest BCUT2D eigenvalue weighted by molar-refractivity contribution is -0.138. The molecule has 0 spiro atoms. The summed E-state index contributed by atoms with van der Waals surface area (Å²) in [5, 5.41) is 16.7. The van der Waals surface area contributed by atoms with E-state index in [4.69, 9.17) is 5.11 Å². The Labute approximate surface area is 235 Å². The lowest BCUT2D eigenvalue weighted by Crippen LogP contribution is -2.38. The lowest BCUT2D eigenvalue weighted by atomic mass is 10.1. The maximum Gasteiger partial charge on any atom is 0.323 e. The molecule has 0 unspecified atom stereocenters. The van der Waals surface area contributed by atoms with E-state index in [-0.39, 0.29) is 37.3 Å². The molecule has 0 saturated heterocycles. The first-order valence-corrected chi connectivity index (χ1v) is 12.6. The predicted octanol–water partition coefficient (Wildman–Crippen LogP) is 3.86. The van der Waals surface area contributed by atoms with Gasteiger partial charge in [0.25, 0.3) is 0 Å². The summed E-state index contributed by atoms with van der Waals surface area (Å²) >= 11 is 0. The number of aliphatic carboxylic acids is 1. The highest BCUT2D eigenvalue weighted by Crippen LogP contribution is 2.22. The number of halogens is 1. The topological polar surface area (TPSA) is 148 Å². The van der Waals surface area contributed by atoms with Crippen LogP contribution < -0.4 is 20.9 Å². The van der Waals surface area contributed by atoms with E-state index in [1.807, 2.05) is 25.1 Å². The number of anilines is 4. The first kappa shape index (κ1) is 30.3. The van der Waals surface area contributed by atoms with Crippen LogP contribution in [0.2, 0.25) is 0 Å². The van der Waals surface area contributed by atoms with E-state index in [2.05, 4.69) is 16.0 Å². The van der Waals surface area contributed by atoms with Gasteiger partial charge in [0.15, 0.2) is 0 Å². The first-order chi connectivity index (χ1) is 19.5. The smallest absolute Gasteiger partial charge is 0.323 e. The van der Waals surface area contributed by atoms with Crippen LogP contribution in [0.3, 0.4) is 0 Å². The quantitative estimate of drug-likeness (QED) is 0.246. The van der Waals surface area contributed by atoms with Crippen molar-refractivity contribution in [2.45, 2.75) is 19.8 Å². The number of amides is 5. The zero-order valence-electron chi connectivity index (χ0n) is 22.5. The number of carboxylic acids is 1. The Balaban J connectivity index is 1.52. The minimum absolute atomic E-state index is 0.0485. The van der Waals surface area contributed by atoms with Gasteiger partial charge in [-0.2, -0.15) is 0 Å². The highest BCUT2D eigenvalue weighted by molar-refractivity contribution is 6.00. The molecular formula is C29H30FN5O6. The van der Waals surface area contributed by atoms with Crippen molar-refractivity contribution in [3.8, 4) is 0 Å². The molecule has 0 aromatic heterocycles. The second-order valence-corrected chi connectivity index (χ2v) is 9.15. The van der Waals surface area contributed by atoms with Crippen molar-refractivity contribution in [3.05, 3.63) is 83.7 Å². The molecule has 0 fully saturated rings. The average Bonchev–Trinajstić information content (AvgIpc) is 2.93. The molecular weight excluding hydrogens is 533 g/mol. The number of hydrogen-bond donors (Lipinski definition) is 4. The summed E-state index contributed by atoms with van der Waals surface area (Å²) in [4.78, 5) is 61.2. The maximum absolute atomic E-state index is 14.7. The van der Waals surface area contributed by atoms with Gasteiger partial charge in [0.05, 0.1) is 25.1 Å². The minimum atomic E-state index is -1.11. The van der Waals surface area contributed by atoms with Gasteiger partial charge in [-0.1, -0.05) is 30.3 Å². The number of likely N-dealkylation sites (N-methyl/N-ethyl adjacent to an activating group) is 1. The van der Waals surface area contributed by atoms with Crippen LogP contribution in [0.15, 0.2) is 66.7 Å². The number of carbonyl (C=O) groups is 5. The molecule has 5 amide bonds. The van der Waals surface area contributed by atoms with Gasteiger partial charge in [0.2, 0.25) is 18.2 Å². The Bertz CT molecular complexity index is 1430. The van der Waals surface area contributed by atoms with E-state index in [1.165, 1.54) is 19.2 Å². The maximum atomic E-state index is 14.7. The van der Waals surface area contributed by atoms with Gasteiger partial charge < -0.3 is 30.9 Å². The highest BCUT2D eigenvalue weighted by Gasteiger charge is 2.17. The Hall–Kier alpha value is -5.26. The second-order valence-electron chi connectivity index (χ2n) is 9.15. The first-order valence-electron chi connectivity index (χ1n) is 12.6. The third-order valence-corrected chi connectivity index (χ3v) is 6.06. The average molecular weight is 564 g/mol. The molecule has 0 bridgehead atoms. The Morgan fingerprint density at radius 3 is 2.27 bits per heavy atom. The summed E-state index contributed by atoms with van der Waals surface area (Å²) in [5.41, 5.74) is 2.88. The third kappa shape index (κ3) is 9.17. The van der Waals surface area contributed by atoms with Crippen LogP contribution in [0, 0.1) is 12.7 Å². The van der Waals surface area contributed by atoms with Crippen molar-refractivity contribution in [3.63, 3.8) is 0 Å². The van der Waals surface area contributed by atoms with Crippen LogP contribution in [0.1, 0.15) is 17.5 Å². The predicted molar refractivity (Wildman–Crippen MR) is 152 cm³/mol. The molecule has 0 aliphatic carbocycles. The number of carbonyl (C=O) groups excluding carboxylic acids is 4. The van der Waals surface area contributed by atoms with Crippen LogP contribution in [0.25, 0.3) is 0 Å². The molecule has 0 aliphatic rings. The Kier molecular flexibility index (Phi) is 10.5. The number of carboxylic acid groups (broad SMARTS) is 1. The van der Waals surface area contributed by atoms with Crippen molar-refractivity contribution >= 4 is 53.0 Å². The molecule has 4 N–H and O–H groups in total. The Morgan fingerprint density at radius 2 is 1.63 bits per heavy atom. The van der Waals surface area contributed by atoms with Gasteiger partial charge in [0, 0.05) is 30.7 Å². The van der Waals surface area contributed by atoms with Crippen LogP contribution in [-0.4, -0.2) is 60.4 Å². The van der Waals surface area contributed by atoms with Crippen LogP contribution in [0.5, 0.6) is 0 Å². The number of para-hydroxylation sites is 1. The van der Waals surface area contributed by atoms with Gasteiger partial charge in [-0.25, -0.2) is 9.18 Å². The summed E-state index contributed by atoms with van der Waals surface area (Å²) < 4.78 is 14.7. The van der Waals surface area contributed by atoms with Gasteiger partial charge in [-0.15, -0.1) is 0 Å². The molecule has 0 heterocycles.